The standard InChI is InChI=1S/C19H37N3O3S/c1-4-6-10-17(5-2)19(23)21-13-15-22(16-14-21)26(24,25)20(3)18-11-8-7-9-12-18/h17-18H,4-16H2,1-3H3/t17-/m1/s1. The van der Waals surface area contributed by atoms with E-state index < -0.39 is 10.2 Å². The first kappa shape index (κ1) is 21.6. The summed E-state index contributed by atoms with van der Waals surface area (Å²) >= 11 is 0. The van der Waals surface area contributed by atoms with Crippen LogP contribution in [-0.2, 0) is 15.0 Å². The van der Waals surface area contributed by atoms with Gasteiger partial charge in [-0.1, -0.05) is 46.0 Å². The summed E-state index contributed by atoms with van der Waals surface area (Å²) in [5, 5.41) is 0. The van der Waals surface area contributed by atoms with E-state index in [1.54, 1.807) is 15.7 Å². The van der Waals surface area contributed by atoms with Gasteiger partial charge in [0.15, 0.2) is 0 Å². The lowest BCUT2D eigenvalue weighted by atomic mass is 9.96. The van der Waals surface area contributed by atoms with Crippen LogP contribution >= 0.6 is 0 Å². The minimum atomic E-state index is -3.42. The van der Waals surface area contributed by atoms with Crippen molar-refractivity contribution >= 4 is 16.1 Å². The van der Waals surface area contributed by atoms with Crippen LogP contribution < -0.4 is 0 Å². The molecule has 26 heavy (non-hydrogen) atoms. The van der Waals surface area contributed by atoms with E-state index in [4.69, 9.17) is 0 Å². The number of carbonyl (C=O) groups excluding carboxylic acids is 1. The molecule has 7 heteroatoms. The van der Waals surface area contributed by atoms with Crippen molar-refractivity contribution in [2.24, 2.45) is 5.92 Å². The molecule has 2 rings (SSSR count). The van der Waals surface area contributed by atoms with E-state index in [9.17, 15) is 13.2 Å². The van der Waals surface area contributed by atoms with Crippen LogP contribution in [-0.4, -0.2) is 67.1 Å². The Bertz CT molecular complexity index is 538. The van der Waals surface area contributed by atoms with Crippen LogP contribution in [0.1, 0.15) is 71.6 Å². The molecule has 1 heterocycles. The monoisotopic (exact) mass is 387 g/mol. The molecule has 2 fully saturated rings. The van der Waals surface area contributed by atoms with E-state index in [1.165, 1.54) is 6.42 Å². The predicted molar refractivity (Wildman–Crippen MR) is 105 cm³/mol. The van der Waals surface area contributed by atoms with Crippen LogP contribution in [0.2, 0.25) is 0 Å². The first-order valence-electron chi connectivity index (χ1n) is 10.4. The van der Waals surface area contributed by atoms with Gasteiger partial charge in [-0.25, -0.2) is 0 Å². The molecule has 6 nitrogen and oxygen atoms in total. The summed E-state index contributed by atoms with van der Waals surface area (Å²) < 4.78 is 29.0. The Labute approximate surface area is 160 Å². The van der Waals surface area contributed by atoms with Crippen LogP contribution in [0.3, 0.4) is 0 Å². The molecule has 1 saturated heterocycles. The molecule has 1 saturated carbocycles. The van der Waals surface area contributed by atoms with Gasteiger partial charge in [0.25, 0.3) is 10.2 Å². The fraction of sp³-hybridized carbons (Fsp3) is 0.947. The van der Waals surface area contributed by atoms with E-state index in [0.717, 1.165) is 51.4 Å². The number of amides is 1. The van der Waals surface area contributed by atoms with Crippen LogP contribution in [0.5, 0.6) is 0 Å². The van der Waals surface area contributed by atoms with Crippen molar-refractivity contribution < 1.29 is 13.2 Å². The summed E-state index contributed by atoms with van der Waals surface area (Å²) in [6, 6.07) is 0.131. The SMILES string of the molecule is CCCC[C@@H](CC)C(=O)N1CCN(S(=O)(=O)N(C)C2CCCCC2)CC1. The van der Waals surface area contributed by atoms with Gasteiger partial charge in [0.1, 0.15) is 0 Å². The van der Waals surface area contributed by atoms with Gasteiger partial charge in [0.05, 0.1) is 0 Å². The number of piperazine rings is 1. The minimum Gasteiger partial charge on any atom is -0.340 e. The Morgan fingerprint density at radius 1 is 1.08 bits per heavy atom. The fourth-order valence-corrected chi connectivity index (χ4v) is 5.74. The molecule has 1 amide bonds. The highest BCUT2D eigenvalue weighted by Gasteiger charge is 2.36. The quantitative estimate of drug-likeness (QED) is 0.643. The van der Waals surface area contributed by atoms with Gasteiger partial charge in [0, 0.05) is 45.2 Å². The summed E-state index contributed by atoms with van der Waals surface area (Å²) in [5.74, 6) is 0.293. The Morgan fingerprint density at radius 3 is 2.23 bits per heavy atom. The van der Waals surface area contributed by atoms with Crippen molar-refractivity contribution in [2.75, 3.05) is 33.2 Å². The van der Waals surface area contributed by atoms with Crippen LogP contribution in [0.25, 0.3) is 0 Å². The predicted octanol–water partition coefficient (Wildman–Crippen LogP) is 2.86. The first-order valence-corrected chi connectivity index (χ1v) is 11.8. The van der Waals surface area contributed by atoms with Crippen molar-refractivity contribution in [3.8, 4) is 0 Å². The van der Waals surface area contributed by atoms with Crippen LogP contribution in [0.4, 0.5) is 0 Å². The minimum absolute atomic E-state index is 0.0861. The van der Waals surface area contributed by atoms with E-state index in [1.807, 2.05) is 4.90 Å². The molecular formula is C19H37N3O3S. The summed E-state index contributed by atoms with van der Waals surface area (Å²) in [4.78, 5) is 14.6. The first-order chi connectivity index (χ1) is 12.4. The number of unbranched alkanes of at least 4 members (excludes halogenated alkanes) is 1. The zero-order chi connectivity index (χ0) is 19.2. The number of hydrogen-bond donors (Lipinski definition) is 0. The normalized spacial score (nSPS) is 21.9. The molecule has 1 aliphatic carbocycles. The third kappa shape index (κ3) is 5.20. The van der Waals surface area contributed by atoms with E-state index in [0.29, 0.717) is 26.2 Å². The van der Waals surface area contributed by atoms with Crippen LogP contribution in [0, 0.1) is 5.92 Å². The molecule has 0 bridgehead atoms. The number of nitrogens with zero attached hydrogens (tertiary/aromatic N) is 3. The molecule has 0 spiro atoms. The van der Waals surface area contributed by atoms with Crippen LogP contribution in [0.15, 0.2) is 0 Å². The Kier molecular flexibility index (Phi) is 8.36. The maximum absolute atomic E-state index is 12.9. The highest BCUT2D eigenvalue weighted by Crippen LogP contribution is 2.25. The zero-order valence-corrected chi connectivity index (χ0v) is 17.6. The molecule has 2 aliphatic rings. The van der Waals surface area contributed by atoms with Gasteiger partial charge in [0.2, 0.25) is 5.91 Å². The van der Waals surface area contributed by atoms with E-state index in [-0.39, 0.29) is 17.9 Å². The second kappa shape index (κ2) is 10.0. The largest absolute Gasteiger partial charge is 0.340 e. The summed E-state index contributed by atoms with van der Waals surface area (Å²) in [7, 11) is -1.70. The molecule has 152 valence electrons. The molecule has 1 aliphatic heterocycles. The van der Waals surface area contributed by atoms with Crippen molar-refractivity contribution in [1.29, 1.82) is 0 Å². The summed E-state index contributed by atoms with van der Waals surface area (Å²) in [6.45, 7) is 6.06. The second-order valence-corrected chi connectivity index (χ2v) is 9.78. The van der Waals surface area contributed by atoms with Crippen molar-refractivity contribution in [3.05, 3.63) is 0 Å². The van der Waals surface area contributed by atoms with Gasteiger partial charge in [-0.15, -0.1) is 0 Å². The number of hydrogen-bond acceptors (Lipinski definition) is 3. The van der Waals surface area contributed by atoms with E-state index >= 15 is 0 Å². The Hall–Kier alpha value is -0.660. The van der Waals surface area contributed by atoms with Gasteiger partial charge in [-0.3, -0.25) is 4.79 Å². The molecule has 0 aromatic heterocycles. The lowest BCUT2D eigenvalue weighted by Gasteiger charge is -2.39. The Balaban J connectivity index is 1.90. The summed E-state index contributed by atoms with van der Waals surface area (Å²) in [6.07, 6.45) is 9.34. The third-order valence-corrected chi connectivity index (χ3v) is 8.12. The average Bonchev–Trinajstić information content (AvgIpc) is 2.68. The maximum Gasteiger partial charge on any atom is 0.282 e. The fourth-order valence-electron chi connectivity index (χ4n) is 4.17. The average molecular weight is 388 g/mol. The molecule has 0 N–H and O–H groups in total. The molecule has 0 aromatic carbocycles. The van der Waals surface area contributed by atoms with Gasteiger partial charge in [-0.05, 0) is 25.7 Å². The van der Waals surface area contributed by atoms with Gasteiger partial charge in [-0.2, -0.15) is 17.0 Å². The van der Waals surface area contributed by atoms with E-state index in [2.05, 4.69) is 13.8 Å². The molecule has 1 atom stereocenters. The number of carbonyl (C=O) groups is 1. The topological polar surface area (TPSA) is 60.9 Å². The molecular weight excluding hydrogens is 350 g/mol. The van der Waals surface area contributed by atoms with Gasteiger partial charge < -0.3 is 4.90 Å². The lowest BCUT2D eigenvalue weighted by Crippen LogP contribution is -2.55. The lowest BCUT2D eigenvalue weighted by molar-refractivity contribution is -0.137. The smallest absolute Gasteiger partial charge is 0.282 e. The molecule has 0 aromatic rings. The Morgan fingerprint density at radius 2 is 1.69 bits per heavy atom. The molecule has 0 radical (unpaired) electrons. The zero-order valence-electron chi connectivity index (χ0n) is 16.8. The van der Waals surface area contributed by atoms with Crippen molar-refractivity contribution in [1.82, 2.24) is 13.5 Å². The van der Waals surface area contributed by atoms with Crippen molar-refractivity contribution in [3.63, 3.8) is 0 Å². The highest BCUT2D eigenvalue weighted by atomic mass is 32.2. The molecule has 0 unspecified atom stereocenters. The third-order valence-electron chi connectivity index (χ3n) is 6.08. The maximum atomic E-state index is 12.9. The van der Waals surface area contributed by atoms with Crippen molar-refractivity contribution in [2.45, 2.75) is 77.7 Å². The summed E-state index contributed by atoms with van der Waals surface area (Å²) in [5.41, 5.74) is 0. The highest BCUT2D eigenvalue weighted by molar-refractivity contribution is 7.86. The van der Waals surface area contributed by atoms with Gasteiger partial charge >= 0.3 is 0 Å². The second-order valence-electron chi connectivity index (χ2n) is 7.79. The number of rotatable bonds is 8.